The van der Waals surface area contributed by atoms with Gasteiger partial charge in [0.25, 0.3) is 10.2 Å². The third kappa shape index (κ3) is 1.49. The standard InChI is InChI=1S/C8H16N2O2S/c1-9(8-4-2-5-8)13(11,12)10-6-3-7-10/h8H,2-7H2,1H3. The molecule has 0 N–H and O–H groups in total. The van der Waals surface area contributed by atoms with E-state index in [0.29, 0.717) is 13.1 Å². The van der Waals surface area contributed by atoms with Gasteiger partial charge in [-0.3, -0.25) is 0 Å². The maximum absolute atomic E-state index is 11.8. The normalized spacial score (nSPS) is 25.7. The van der Waals surface area contributed by atoms with E-state index in [0.717, 1.165) is 19.3 Å². The largest absolute Gasteiger partial charge is 0.281 e. The molecule has 1 aliphatic heterocycles. The Morgan fingerprint density at radius 1 is 1.23 bits per heavy atom. The van der Waals surface area contributed by atoms with Crippen molar-refractivity contribution in [2.45, 2.75) is 31.7 Å². The van der Waals surface area contributed by atoms with Crippen LogP contribution in [0.1, 0.15) is 25.7 Å². The Bertz CT molecular complexity index is 281. The van der Waals surface area contributed by atoms with Crippen molar-refractivity contribution in [1.82, 2.24) is 8.61 Å². The fourth-order valence-electron chi connectivity index (χ4n) is 1.64. The Morgan fingerprint density at radius 3 is 2.15 bits per heavy atom. The Labute approximate surface area is 79.7 Å². The fourth-order valence-corrected chi connectivity index (χ4v) is 3.31. The lowest BCUT2D eigenvalue weighted by Gasteiger charge is -2.39. The molecule has 5 heteroatoms. The van der Waals surface area contributed by atoms with E-state index in [9.17, 15) is 8.42 Å². The van der Waals surface area contributed by atoms with Crippen molar-refractivity contribution in [2.75, 3.05) is 20.1 Å². The molecule has 0 bridgehead atoms. The molecule has 0 amide bonds. The summed E-state index contributed by atoms with van der Waals surface area (Å²) in [6.07, 6.45) is 4.25. The van der Waals surface area contributed by atoms with Gasteiger partial charge in [-0.15, -0.1) is 0 Å². The summed E-state index contributed by atoms with van der Waals surface area (Å²) in [5.74, 6) is 0. The lowest BCUT2D eigenvalue weighted by atomic mass is 9.94. The van der Waals surface area contributed by atoms with Gasteiger partial charge in [0.1, 0.15) is 0 Å². The lowest BCUT2D eigenvalue weighted by Crippen LogP contribution is -2.53. The van der Waals surface area contributed by atoms with Crippen LogP contribution in [0, 0.1) is 0 Å². The van der Waals surface area contributed by atoms with Gasteiger partial charge in [0.05, 0.1) is 0 Å². The van der Waals surface area contributed by atoms with Crippen LogP contribution in [0.25, 0.3) is 0 Å². The first-order chi connectivity index (χ1) is 6.12. The van der Waals surface area contributed by atoms with Gasteiger partial charge in [-0.05, 0) is 19.3 Å². The number of nitrogens with zero attached hydrogens (tertiary/aromatic N) is 2. The van der Waals surface area contributed by atoms with Crippen molar-refractivity contribution < 1.29 is 8.42 Å². The van der Waals surface area contributed by atoms with E-state index in [4.69, 9.17) is 0 Å². The van der Waals surface area contributed by atoms with Crippen LogP contribution >= 0.6 is 0 Å². The Kier molecular flexibility index (Phi) is 2.33. The minimum Gasteiger partial charge on any atom is -0.195 e. The first kappa shape index (κ1) is 9.43. The van der Waals surface area contributed by atoms with Crippen LogP contribution in [0.5, 0.6) is 0 Å². The van der Waals surface area contributed by atoms with Gasteiger partial charge >= 0.3 is 0 Å². The molecule has 2 fully saturated rings. The van der Waals surface area contributed by atoms with Crippen LogP contribution in [0.3, 0.4) is 0 Å². The Balaban J connectivity index is 2.03. The molecule has 0 atom stereocenters. The van der Waals surface area contributed by atoms with Crippen molar-refractivity contribution >= 4 is 10.2 Å². The first-order valence-corrected chi connectivity index (χ1v) is 6.25. The number of rotatable bonds is 3. The van der Waals surface area contributed by atoms with Crippen molar-refractivity contribution in [1.29, 1.82) is 0 Å². The highest BCUT2D eigenvalue weighted by atomic mass is 32.2. The summed E-state index contributed by atoms with van der Waals surface area (Å²) in [7, 11) is -1.39. The van der Waals surface area contributed by atoms with Crippen LogP contribution in [0.15, 0.2) is 0 Å². The molecule has 1 saturated heterocycles. The topological polar surface area (TPSA) is 40.6 Å². The summed E-state index contributed by atoms with van der Waals surface area (Å²) >= 11 is 0. The minimum atomic E-state index is -3.10. The molecule has 1 aliphatic carbocycles. The predicted molar refractivity (Wildman–Crippen MR) is 50.5 cm³/mol. The summed E-state index contributed by atoms with van der Waals surface area (Å²) in [6, 6.07) is 0.269. The zero-order valence-electron chi connectivity index (χ0n) is 7.94. The molecule has 0 aromatic rings. The van der Waals surface area contributed by atoms with E-state index < -0.39 is 10.2 Å². The fraction of sp³-hybridized carbons (Fsp3) is 1.00. The molecule has 13 heavy (non-hydrogen) atoms. The van der Waals surface area contributed by atoms with Gasteiger partial charge in [-0.2, -0.15) is 17.0 Å². The second kappa shape index (κ2) is 3.22. The molecule has 1 heterocycles. The maximum Gasteiger partial charge on any atom is 0.281 e. The third-order valence-corrected chi connectivity index (χ3v) is 5.14. The lowest BCUT2D eigenvalue weighted by molar-refractivity contribution is 0.214. The molecule has 0 aromatic heterocycles. The first-order valence-electron chi connectivity index (χ1n) is 4.85. The Morgan fingerprint density at radius 2 is 1.85 bits per heavy atom. The summed E-state index contributed by atoms with van der Waals surface area (Å²) in [5.41, 5.74) is 0. The smallest absolute Gasteiger partial charge is 0.195 e. The molecule has 76 valence electrons. The van der Waals surface area contributed by atoms with Crippen molar-refractivity contribution in [3.63, 3.8) is 0 Å². The van der Waals surface area contributed by atoms with Crippen molar-refractivity contribution in [2.24, 2.45) is 0 Å². The van der Waals surface area contributed by atoms with Gasteiger partial charge in [0.15, 0.2) is 0 Å². The summed E-state index contributed by atoms with van der Waals surface area (Å²) in [4.78, 5) is 0. The highest BCUT2D eigenvalue weighted by Crippen LogP contribution is 2.28. The average Bonchev–Trinajstić information content (AvgIpc) is 1.77. The van der Waals surface area contributed by atoms with Gasteiger partial charge in [0, 0.05) is 26.2 Å². The molecule has 0 radical (unpaired) electrons. The van der Waals surface area contributed by atoms with E-state index in [1.54, 1.807) is 15.7 Å². The van der Waals surface area contributed by atoms with E-state index in [1.165, 1.54) is 6.42 Å². The zero-order chi connectivity index (χ0) is 9.47. The zero-order valence-corrected chi connectivity index (χ0v) is 8.76. The van der Waals surface area contributed by atoms with Crippen LogP contribution < -0.4 is 0 Å². The van der Waals surface area contributed by atoms with Crippen LogP contribution in [-0.4, -0.2) is 43.2 Å². The molecular weight excluding hydrogens is 188 g/mol. The molecule has 0 spiro atoms. The molecule has 4 nitrogen and oxygen atoms in total. The van der Waals surface area contributed by atoms with E-state index in [-0.39, 0.29) is 6.04 Å². The van der Waals surface area contributed by atoms with Gasteiger partial charge < -0.3 is 0 Å². The van der Waals surface area contributed by atoms with E-state index in [1.807, 2.05) is 0 Å². The van der Waals surface area contributed by atoms with Gasteiger partial charge in [-0.1, -0.05) is 6.42 Å². The summed E-state index contributed by atoms with van der Waals surface area (Å²) < 4.78 is 26.7. The minimum absolute atomic E-state index is 0.269. The average molecular weight is 204 g/mol. The van der Waals surface area contributed by atoms with E-state index >= 15 is 0 Å². The molecule has 1 saturated carbocycles. The van der Waals surface area contributed by atoms with Crippen LogP contribution in [-0.2, 0) is 10.2 Å². The number of hydrogen-bond donors (Lipinski definition) is 0. The highest BCUT2D eigenvalue weighted by molar-refractivity contribution is 7.86. The van der Waals surface area contributed by atoms with Crippen molar-refractivity contribution in [3.05, 3.63) is 0 Å². The van der Waals surface area contributed by atoms with Crippen LogP contribution in [0.2, 0.25) is 0 Å². The molecule has 0 unspecified atom stereocenters. The predicted octanol–water partition coefficient (Wildman–Crippen LogP) is 0.421. The maximum atomic E-state index is 11.8. The quantitative estimate of drug-likeness (QED) is 0.668. The van der Waals surface area contributed by atoms with Gasteiger partial charge in [-0.25, -0.2) is 0 Å². The molecule has 2 rings (SSSR count). The van der Waals surface area contributed by atoms with Crippen LogP contribution in [0.4, 0.5) is 0 Å². The van der Waals surface area contributed by atoms with E-state index in [2.05, 4.69) is 0 Å². The molecular formula is C8H16N2O2S. The monoisotopic (exact) mass is 204 g/mol. The summed E-state index contributed by atoms with van der Waals surface area (Å²) in [5, 5.41) is 0. The van der Waals surface area contributed by atoms with Gasteiger partial charge in [0.2, 0.25) is 0 Å². The Hall–Kier alpha value is -0.130. The number of hydrogen-bond acceptors (Lipinski definition) is 2. The molecule has 0 aromatic carbocycles. The second-order valence-electron chi connectivity index (χ2n) is 3.86. The van der Waals surface area contributed by atoms with Crippen molar-refractivity contribution in [3.8, 4) is 0 Å². The third-order valence-electron chi connectivity index (χ3n) is 3.09. The highest BCUT2D eigenvalue weighted by Gasteiger charge is 2.36. The second-order valence-corrected chi connectivity index (χ2v) is 5.85. The SMILES string of the molecule is CN(C1CCC1)S(=O)(=O)N1CCC1. The molecule has 2 aliphatic rings. The summed E-state index contributed by atoms with van der Waals surface area (Å²) in [6.45, 7) is 1.42.